The van der Waals surface area contributed by atoms with Crippen LogP contribution in [0.4, 0.5) is 0 Å². The maximum absolute atomic E-state index is 5.56. The Labute approximate surface area is 104 Å². The molecule has 0 saturated heterocycles. The van der Waals surface area contributed by atoms with Gasteiger partial charge < -0.3 is 9.73 Å². The highest BCUT2D eigenvalue weighted by atomic mass is 32.1. The van der Waals surface area contributed by atoms with Crippen LogP contribution in [0.25, 0.3) is 11.6 Å². The standard InChI is InChI=1S/C11H16N4OS/c1-3-12-6-4-5-10-14-15-11(16-10)9-7-17-8(2)13-9/h7,12H,3-6H2,1-2H3. The van der Waals surface area contributed by atoms with Gasteiger partial charge in [0.15, 0.2) is 0 Å². The molecule has 0 radical (unpaired) electrons. The normalized spacial score (nSPS) is 10.9. The summed E-state index contributed by atoms with van der Waals surface area (Å²) in [7, 11) is 0. The number of rotatable bonds is 6. The molecule has 0 saturated carbocycles. The van der Waals surface area contributed by atoms with Crippen LogP contribution in [-0.4, -0.2) is 28.3 Å². The monoisotopic (exact) mass is 252 g/mol. The molecule has 2 rings (SSSR count). The van der Waals surface area contributed by atoms with Crippen LogP contribution in [0.1, 0.15) is 24.2 Å². The zero-order valence-electron chi connectivity index (χ0n) is 10.1. The van der Waals surface area contributed by atoms with E-state index in [0.29, 0.717) is 11.8 Å². The van der Waals surface area contributed by atoms with Gasteiger partial charge in [-0.15, -0.1) is 21.5 Å². The Bertz CT molecular complexity index is 465. The average Bonchev–Trinajstić information content (AvgIpc) is 2.93. The molecule has 0 spiro atoms. The Kier molecular flexibility index (Phi) is 4.22. The summed E-state index contributed by atoms with van der Waals surface area (Å²) >= 11 is 1.58. The van der Waals surface area contributed by atoms with E-state index in [2.05, 4.69) is 27.4 Å². The molecule has 0 unspecified atom stereocenters. The third-order valence-corrected chi connectivity index (χ3v) is 3.07. The molecule has 5 nitrogen and oxygen atoms in total. The lowest BCUT2D eigenvalue weighted by molar-refractivity contribution is 0.491. The summed E-state index contributed by atoms with van der Waals surface area (Å²) in [6.07, 6.45) is 1.81. The topological polar surface area (TPSA) is 63.8 Å². The quantitative estimate of drug-likeness (QED) is 0.797. The molecule has 6 heteroatoms. The lowest BCUT2D eigenvalue weighted by Gasteiger charge is -1.97. The van der Waals surface area contributed by atoms with Gasteiger partial charge in [-0.1, -0.05) is 6.92 Å². The van der Waals surface area contributed by atoms with Crippen LogP contribution in [-0.2, 0) is 6.42 Å². The van der Waals surface area contributed by atoms with Crippen molar-refractivity contribution in [3.8, 4) is 11.6 Å². The third-order valence-electron chi connectivity index (χ3n) is 2.30. The van der Waals surface area contributed by atoms with Gasteiger partial charge in [0.2, 0.25) is 5.89 Å². The van der Waals surface area contributed by atoms with E-state index >= 15 is 0 Å². The van der Waals surface area contributed by atoms with Crippen molar-refractivity contribution in [2.45, 2.75) is 26.7 Å². The fourth-order valence-corrected chi connectivity index (χ4v) is 2.05. The Balaban J connectivity index is 1.92. The van der Waals surface area contributed by atoms with E-state index < -0.39 is 0 Å². The van der Waals surface area contributed by atoms with E-state index in [1.807, 2.05) is 12.3 Å². The number of hydrogen-bond donors (Lipinski definition) is 1. The Hall–Kier alpha value is -1.27. The summed E-state index contributed by atoms with van der Waals surface area (Å²) in [5, 5.41) is 14.2. The minimum absolute atomic E-state index is 0.521. The maximum Gasteiger partial charge on any atom is 0.267 e. The smallest absolute Gasteiger partial charge is 0.267 e. The molecule has 0 atom stereocenters. The molecule has 17 heavy (non-hydrogen) atoms. The summed E-state index contributed by atoms with van der Waals surface area (Å²) in [6, 6.07) is 0. The second-order valence-electron chi connectivity index (χ2n) is 3.71. The number of thiazole rings is 1. The van der Waals surface area contributed by atoms with Gasteiger partial charge in [0.05, 0.1) is 5.01 Å². The van der Waals surface area contributed by atoms with Gasteiger partial charge in [0, 0.05) is 11.8 Å². The zero-order chi connectivity index (χ0) is 12.1. The van der Waals surface area contributed by atoms with E-state index in [1.54, 1.807) is 11.3 Å². The molecule has 2 heterocycles. The summed E-state index contributed by atoms with van der Waals surface area (Å²) in [5.74, 6) is 1.20. The van der Waals surface area contributed by atoms with Crippen LogP contribution < -0.4 is 5.32 Å². The fraction of sp³-hybridized carbons (Fsp3) is 0.545. The maximum atomic E-state index is 5.56. The molecular weight excluding hydrogens is 236 g/mol. The molecule has 92 valence electrons. The zero-order valence-corrected chi connectivity index (χ0v) is 10.9. The van der Waals surface area contributed by atoms with Crippen molar-refractivity contribution in [1.29, 1.82) is 0 Å². The minimum Gasteiger partial charge on any atom is -0.419 e. The lowest BCUT2D eigenvalue weighted by atomic mass is 10.3. The number of nitrogens with one attached hydrogen (secondary N) is 1. The minimum atomic E-state index is 0.521. The van der Waals surface area contributed by atoms with Gasteiger partial charge in [-0.25, -0.2) is 4.98 Å². The molecule has 1 N–H and O–H groups in total. The molecular formula is C11H16N4OS. The van der Waals surface area contributed by atoms with Crippen molar-refractivity contribution in [3.05, 3.63) is 16.3 Å². The van der Waals surface area contributed by atoms with E-state index in [-0.39, 0.29) is 0 Å². The van der Waals surface area contributed by atoms with Crippen LogP contribution >= 0.6 is 11.3 Å². The van der Waals surface area contributed by atoms with Crippen molar-refractivity contribution in [2.24, 2.45) is 0 Å². The highest BCUT2D eigenvalue weighted by molar-refractivity contribution is 7.09. The van der Waals surface area contributed by atoms with Gasteiger partial charge >= 0.3 is 0 Å². The SMILES string of the molecule is CCNCCCc1nnc(-c2csc(C)n2)o1. The van der Waals surface area contributed by atoms with Crippen LogP contribution in [0.2, 0.25) is 0 Å². The van der Waals surface area contributed by atoms with Crippen molar-refractivity contribution >= 4 is 11.3 Å². The summed E-state index contributed by atoms with van der Waals surface area (Å²) in [5.41, 5.74) is 0.776. The molecule has 0 bridgehead atoms. The largest absolute Gasteiger partial charge is 0.419 e. The number of aryl methyl sites for hydroxylation is 2. The first-order valence-corrected chi connectivity index (χ1v) is 6.63. The number of hydrogen-bond acceptors (Lipinski definition) is 6. The van der Waals surface area contributed by atoms with Crippen molar-refractivity contribution < 1.29 is 4.42 Å². The van der Waals surface area contributed by atoms with Crippen molar-refractivity contribution in [3.63, 3.8) is 0 Å². The summed E-state index contributed by atoms with van der Waals surface area (Å²) < 4.78 is 5.56. The highest BCUT2D eigenvalue weighted by Crippen LogP contribution is 2.20. The van der Waals surface area contributed by atoms with Crippen molar-refractivity contribution in [2.75, 3.05) is 13.1 Å². The van der Waals surface area contributed by atoms with Crippen LogP contribution in [0, 0.1) is 6.92 Å². The van der Waals surface area contributed by atoms with Gasteiger partial charge in [0.1, 0.15) is 5.69 Å². The van der Waals surface area contributed by atoms with E-state index in [0.717, 1.165) is 36.6 Å². The molecule has 0 aromatic carbocycles. The second kappa shape index (κ2) is 5.88. The van der Waals surface area contributed by atoms with Crippen LogP contribution in [0.5, 0.6) is 0 Å². The molecule has 0 aliphatic heterocycles. The highest BCUT2D eigenvalue weighted by Gasteiger charge is 2.10. The molecule has 2 aromatic rings. The van der Waals surface area contributed by atoms with Gasteiger partial charge in [0.25, 0.3) is 5.89 Å². The first-order valence-electron chi connectivity index (χ1n) is 5.75. The molecule has 0 amide bonds. The molecule has 0 aliphatic carbocycles. The predicted octanol–water partition coefficient (Wildman–Crippen LogP) is 2.04. The van der Waals surface area contributed by atoms with E-state index in [9.17, 15) is 0 Å². The van der Waals surface area contributed by atoms with Gasteiger partial charge in [-0.3, -0.25) is 0 Å². The van der Waals surface area contributed by atoms with Gasteiger partial charge in [-0.2, -0.15) is 0 Å². The number of nitrogens with zero attached hydrogens (tertiary/aromatic N) is 3. The second-order valence-corrected chi connectivity index (χ2v) is 4.77. The molecule has 0 fully saturated rings. The Morgan fingerprint density at radius 2 is 2.29 bits per heavy atom. The van der Waals surface area contributed by atoms with E-state index in [4.69, 9.17) is 4.42 Å². The average molecular weight is 252 g/mol. The third kappa shape index (κ3) is 3.34. The summed E-state index contributed by atoms with van der Waals surface area (Å²) in [6.45, 7) is 6.02. The Morgan fingerprint density at radius 3 is 3.00 bits per heavy atom. The van der Waals surface area contributed by atoms with Crippen molar-refractivity contribution in [1.82, 2.24) is 20.5 Å². The Morgan fingerprint density at radius 1 is 1.41 bits per heavy atom. The first kappa shape index (κ1) is 12.2. The van der Waals surface area contributed by atoms with Crippen LogP contribution in [0.3, 0.4) is 0 Å². The fourth-order valence-electron chi connectivity index (χ4n) is 1.46. The summed E-state index contributed by atoms with van der Waals surface area (Å²) in [4.78, 5) is 4.31. The lowest BCUT2D eigenvalue weighted by Crippen LogP contribution is -2.14. The predicted molar refractivity (Wildman–Crippen MR) is 67.0 cm³/mol. The molecule has 2 aromatic heterocycles. The van der Waals surface area contributed by atoms with E-state index in [1.165, 1.54) is 0 Å². The molecule has 0 aliphatic rings. The van der Waals surface area contributed by atoms with Gasteiger partial charge in [-0.05, 0) is 26.4 Å². The van der Waals surface area contributed by atoms with Crippen LogP contribution in [0.15, 0.2) is 9.80 Å². The first-order chi connectivity index (χ1) is 8.29. The number of aromatic nitrogens is 3.